The maximum Gasteiger partial charge on any atom is 0.240 e. The molecule has 0 amide bonds. The normalized spacial score (nSPS) is 14.3. The Morgan fingerprint density at radius 2 is 1.84 bits per heavy atom. The van der Waals surface area contributed by atoms with Gasteiger partial charge in [-0.05, 0) is 31.5 Å². The van der Waals surface area contributed by atoms with Crippen LogP contribution in [0.5, 0.6) is 0 Å². The topological polar surface area (TPSA) is 101 Å². The van der Waals surface area contributed by atoms with Crippen LogP contribution in [0, 0.1) is 6.92 Å². The van der Waals surface area contributed by atoms with Crippen LogP contribution in [0.15, 0.2) is 28.0 Å². The van der Waals surface area contributed by atoms with Gasteiger partial charge in [0.15, 0.2) is 9.84 Å². The van der Waals surface area contributed by atoms with E-state index in [1.54, 1.807) is 6.92 Å². The summed E-state index contributed by atoms with van der Waals surface area (Å²) in [7, 11) is -7.32. The first-order chi connectivity index (χ1) is 8.54. The molecule has 0 fully saturated rings. The lowest BCUT2D eigenvalue weighted by Gasteiger charge is -2.11. The van der Waals surface area contributed by atoms with Crippen molar-refractivity contribution in [2.75, 3.05) is 12.8 Å². The van der Waals surface area contributed by atoms with Crippen molar-refractivity contribution >= 4 is 19.9 Å². The van der Waals surface area contributed by atoms with Crippen LogP contribution >= 0.6 is 0 Å². The molecule has 0 aliphatic heterocycles. The zero-order valence-electron chi connectivity index (χ0n) is 10.9. The molecule has 0 spiro atoms. The van der Waals surface area contributed by atoms with Gasteiger partial charge in [0, 0.05) is 12.8 Å². The molecule has 0 saturated heterocycles. The minimum atomic E-state index is -3.84. The van der Waals surface area contributed by atoms with Crippen molar-refractivity contribution < 1.29 is 21.9 Å². The number of aliphatic hydroxyl groups excluding tert-OH is 1. The van der Waals surface area contributed by atoms with Crippen LogP contribution in [0.4, 0.5) is 0 Å². The van der Waals surface area contributed by atoms with E-state index in [0.29, 0.717) is 5.56 Å². The molecule has 8 heteroatoms. The third-order valence-electron chi connectivity index (χ3n) is 2.45. The minimum Gasteiger partial charge on any atom is -0.392 e. The lowest BCUT2D eigenvalue weighted by molar-refractivity contribution is 0.198. The Labute approximate surface area is 113 Å². The highest BCUT2D eigenvalue weighted by molar-refractivity contribution is 7.91. The summed E-state index contributed by atoms with van der Waals surface area (Å²) in [5, 5.41) is 9.09. The van der Waals surface area contributed by atoms with E-state index in [1.807, 2.05) is 0 Å². The highest BCUT2D eigenvalue weighted by Gasteiger charge is 2.20. The quantitative estimate of drug-likeness (QED) is 0.801. The number of sulfonamides is 1. The molecule has 1 rings (SSSR count). The van der Waals surface area contributed by atoms with Gasteiger partial charge in [-0.1, -0.05) is 6.07 Å². The van der Waals surface area contributed by atoms with E-state index in [4.69, 9.17) is 5.11 Å². The highest BCUT2D eigenvalue weighted by atomic mass is 32.2. The molecule has 0 aromatic heterocycles. The van der Waals surface area contributed by atoms with Crippen molar-refractivity contribution in [1.82, 2.24) is 4.72 Å². The van der Waals surface area contributed by atoms with Crippen LogP contribution in [-0.4, -0.2) is 40.8 Å². The summed E-state index contributed by atoms with van der Waals surface area (Å²) in [6.07, 6.45) is 0.185. The van der Waals surface area contributed by atoms with Gasteiger partial charge < -0.3 is 5.11 Å². The van der Waals surface area contributed by atoms with Crippen LogP contribution in [0.3, 0.4) is 0 Å². The summed E-state index contributed by atoms with van der Waals surface area (Å²) >= 11 is 0. The van der Waals surface area contributed by atoms with Crippen molar-refractivity contribution in [1.29, 1.82) is 0 Å². The molecule has 19 heavy (non-hydrogen) atoms. The fourth-order valence-electron chi connectivity index (χ4n) is 1.41. The molecule has 0 saturated carbocycles. The van der Waals surface area contributed by atoms with Crippen molar-refractivity contribution in [2.45, 2.75) is 29.7 Å². The molecular weight excluding hydrogens is 290 g/mol. The Morgan fingerprint density at radius 1 is 1.26 bits per heavy atom. The molecule has 108 valence electrons. The molecule has 1 atom stereocenters. The van der Waals surface area contributed by atoms with Crippen molar-refractivity contribution in [3.63, 3.8) is 0 Å². The maximum absolute atomic E-state index is 12.0. The average molecular weight is 307 g/mol. The standard InChI is InChI=1S/C11H17NO5S2/c1-8-4-5-10(18(3,14)15)6-11(8)19(16,17)12-7-9(2)13/h4-6,9,12-13H,7H2,1-3H3/t9-/m0/s1. The van der Waals surface area contributed by atoms with Gasteiger partial charge in [-0.2, -0.15) is 0 Å². The van der Waals surface area contributed by atoms with Gasteiger partial charge in [-0.3, -0.25) is 0 Å². The van der Waals surface area contributed by atoms with E-state index < -0.39 is 26.0 Å². The summed E-state index contributed by atoms with van der Waals surface area (Å²) in [4.78, 5) is -0.161. The Morgan fingerprint density at radius 3 is 2.32 bits per heavy atom. The SMILES string of the molecule is Cc1ccc(S(C)(=O)=O)cc1S(=O)(=O)NC[C@H](C)O. The number of hydrogen-bond donors (Lipinski definition) is 2. The van der Waals surface area contributed by atoms with Crippen LogP contribution in [0.2, 0.25) is 0 Å². The molecule has 0 heterocycles. The second kappa shape index (κ2) is 5.58. The third-order valence-corrected chi connectivity index (χ3v) is 5.12. The first kappa shape index (κ1) is 16.1. The zero-order chi connectivity index (χ0) is 14.8. The van der Waals surface area contributed by atoms with E-state index in [9.17, 15) is 16.8 Å². The van der Waals surface area contributed by atoms with Crippen LogP contribution < -0.4 is 4.72 Å². The lowest BCUT2D eigenvalue weighted by atomic mass is 10.2. The molecule has 0 aliphatic rings. The fourth-order valence-corrected chi connectivity index (χ4v) is 3.52. The van der Waals surface area contributed by atoms with Gasteiger partial charge in [-0.15, -0.1) is 0 Å². The summed E-state index contributed by atoms with van der Waals surface area (Å²) in [6.45, 7) is 2.89. The first-order valence-corrected chi connectivity index (χ1v) is 8.90. The zero-order valence-corrected chi connectivity index (χ0v) is 12.5. The van der Waals surface area contributed by atoms with Crippen molar-refractivity contribution in [3.05, 3.63) is 23.8 Å². The summed E-state index contributed by atoms with van der Waals surface area (Å²) < 4.78 is 49.1. The molecule has 1 aromatic carbocycles. The largest absolute Gasteiger partial charge is 0.392 e. The number of aryl methyl sites for hydroxylation is 1. The third kappa shape index (κ3) is 4.27. The van der Waals surface area contributed by atoms with E-state index in [0.717, 1.165) is 12.3 Å². The van der Waals surface area contributed by atoms with E-state index >= 15 is 0 Å². The van der Waals surface area contributed by atoms with Gasteiger partial charge >= 0.3 is 0 Å². The predicted molar refractivity (Wildman–Crippen MR) is 71.2 cm³/mol. The summed E-state index contributed by atoms with van der Waals surface area (Å²) in [5.41, 5.74) is 0.436. The van der Waals surface area contributed by atoms with Crippen LogP contribution in [0.25, 0.3) is 0 Å². The average Bonchev–Trinajstić information content (AvgIpc) is 2.25. The second-order valence-corrected chi connectivity index (χ2v) is 8.15. The Hall–Kier alpha value is -0.960. The smallest absolute Gasteiger partial charge is 0.240 e. The Kier molecular flexibility index (Phi) is 4.72. The molecule has 0 aliphatic carbocycles. The van der Waals surface area contributed by atoms with Gasteiger partial charge in [-0.25, -0.2) is 21.6 Å². The lowest BCUT2D eigenvalue weighted by Crippen LogP contribution is -2.31. The van der Waals surface area contributed by atoms with E-state index in [2.05, 4.69) is 4.72 Å². The van der Waals surface area contributed by atoms with Crippen molar-refractivity contribution in [3.8, 4) is 0 Å². The Balaban J connectivity index is 3.27. The van der Waals surface area contributed by atoms with Gasteiger partial charge in [0.1, 0.15) is 0 Å². The number of nitrogens with one attached hydrogen (secondary N) is 1. The number of hydrogen-bond acceptors (Lipinski definition) is 5. The van der Waals surface area contributed by atoms with Gasteiger partial charge in [0.25, 0.3) is 0 Å². The monoisotopic (exact) mass is 307 g/mol. The molecule has 0 bridgehead atoms. The number of aliphatic hydroxyl groups is 1. The van der Waals surface area contributed by atoms with E-state index in [-0.39, 0.29) is 16.3 Å². The second-order valence-electron chi connectivity index (χ2n) is 4.40. The fraction of sp³-hybridized carbons (Fsp3) is 0.455. The highest BCUT2D eigenvalue weighted by Crippen LogP contribution is 2.19. The summed E-state index contributed by atoms with van der Waals surface area (Å²) in [6, 6.07) is 3.92. The molecule has 2 N–H and O–H groups in total. The molecule has 0 radical (unpaired) electrons. The predicted octanol–water partition coefficient (Wildman–Crippen LogP) is 0.0576. The number of rotatable bonds is 5. The maximum atomic E-state index is 12.0. The Bertz CT molecular complexity index is 662. The molecule has 0 unspecified atom stereocenters. The van der Waals surface area contributed by atoms with Gasteiger partial charge in [0.2, 0.25) is 10.0 Å². The van der Waals surface area contributed by atoms with E-state index in [1.165, 1.54) is 19.1 Å². The van der Waals surface area contributed by atoms with Gasteiger partial charge in [0.05, 0.1) is 15.9 Å². The first-order valence-electron chi connectivity index (χ1n) is 5.52. The molecule has 1 aromatic rings. The molecule has 6 nitrogen and oxygen atoms in total. The minimum absolute atomic E-state index is 0.0597. The van der Waals surface area contributed by atoms with Crippen LogP contribution in [-0.2, 0) is 19.9 Å². The molecular formula is C11H17NO5S2. The van der Waals surface area contributed by atoms with Crippen LogP contribution in [0.1, 0.15) is 12.5 Å². The number of benzene rings is 1. The van der Waals surface area contributed by atoms with Crippen molar-refractivity contribution in [2.24, 2.45) is 0 Å². The number of sulfone groups is 1. The summed E-state index contributed by atoms with van der Waals surface area (Å²) in [5.74, 6) is 0.